The van der Waals surface area contributed by atoms with Crippen LogP contribution >= 0.6 is 0 Å². The lowest BCUT2D eigenvalue weighted by atomic mass is 9.99. The van der Waals surface area contributed by atoms with Crippen molar-refractivity contribution in [2.24, 2.45) is 0 Å². The van der Waals surface area contributed by atoms with Gasteiger partial charge in [0.05, 0.1) is 24.9 Å². The third kappa shape index (κ3) is 5.52. The number of carboxylic acid groups (broad SMARTS) is 1. The van der Waals surface area contributed by atoms with Crippen molar-refractivity contribution >= 4 is 21.9 Å². The Hall–Kier alpha value is -1.97. The number of carbonyl (C=O) groups is 2. The van der Waals surface area contributed by atoms with Crippen molar-refractivity contribution in [2.75, 3.05) is 39.0 Å². The number of amides is 1. The monoisotopic (exact) mass is 384 g/mol. The summed E-state index contributed by atoms with van der Waals surface area (Å²) in [5, 5.41) is 8.90. The summed E-state index contributed by atoms with van der Waals surface area (Å²) in [7, 11) is -3.69. The molecule has 1 unspecified atom stereocenters. The molecule has 1 fully saturated rings. The van der Waals surface area contributed by atoms with Crippen LogP contribution < -0.4 is 0 Å². The number of hydrogen-bond acceptors (Lipinski definition) is 5. The molecule has 1 saturated heterocycles. The Morgan fingerprint density at radius 1 is 1.35 bits per heavy atom. The van der Waals surface area contributed by atoms with E-state index in [4.69, 9.17) is 9.84 Å². The van der Waals surface area contributed by atoms with Gasteiger partial charge in [0.25, 0.3) is 0 Å². The fourth-order valence-electron chi connectivity index (χ4n) is 2.88. The first kappa shape index (κ1) is 20.3. The van der Waals surface area contributed by atoms with Crippen molar-refractivity contribution in [1.82, 2.24) is 9.21 Å². The number of sulfonamides is 1. The van der Waals surface area contributed by atoms with Crippen LogP contribution in [0.3, 0.4) is 0 Å². The molecule has 0 aromatic heterocycles. The molecule has 0 aliphatic carbocycles. The van der Waals surface area contributed by atoms with Crippen molar-refractivity contribution in [2.45, 2.75) is 18.9 Å². The summed E-state index contributed by atoms with van der Waals surface area (Å²) >= 11 is 0. The number of morpholine rings is 1. The maximum absolute atomic E-state index is 12.7. The zero-order valence-electron chi connectivity index (χ0n) is 14.9. The molecule has 8 nitrogen and oxygen atoms in total. The van der Waals surface area contributed by atoms with E-state index >= 15 is 0 Å². The summed E-state index contributed by atoms with van der Waals surface area (Å²) in [6.45, 7) is 2.02. The van der Waals surface area contributed by atoms with Crippen LogP contribution in [0.4, 0.5) is 0 Å². The Kier molecular flexibility index (Phi) is 6.74. The number of hydrogen-bond donors (Lipinski definition) is 1. The maximum atomic E-state index is 12.7. The van der Waals surface area contributed by atoms with Gasteiger partial charge in [0.1, 0.15) is 6.54 Å². The van der Waals surface area contributed by atoms with Gasteiger partial charge in [-0.3, -0.25) is 9.59 Å². The second kappa shape index (κ2) is 8.61. The van der Waals surface area contributed by atoms with Crippen LogP contribution in [0.5, 0.6) is 0 Å². The molecule has 9 heteroatoms. The van der Waals surface area contributed by atoms with Gasteiger partial charge in [0, 0.05) is 19.6 Å². The van der Waals surface area contributed by atoms with E-state index in [9.17, 15) is 18.0 Å². The fourth-order valence-corrected chi connectivity index (χ4v) is 3.67. The smallest absolute Gasteiger partial charge is 0.318 e. The standard InChI is InChI=1S/C17H24N2O6S/c1-13(14-6-4-3-5-7-14)17(22)18-8-9-25-15(10-18)11-19(12-16(20)21)26(2,23)24/h3-7,13,15H,8-12H2,1-2H3,(H,20,21)/t13-,15?/m0/s1. The molecule has 1 aromatic carbocycles. The topological polar surface area (TPSA) is 104 Å². The minimum atomic E-state index is -3.69. The van der Waals surface area contributed by atoms with Crippen LogP contribution in [-0.2, 0) is 24.3 Å². The van der Waals surface area contributed by atoms with Gasteiger partial charge in [0.2, 0.25) is 15.9 Å². The van der Waals surface area contributed by atoms with Crippen LogP contribution in [0, 0.1) is 0 Å². The molecular formula is C17H24N2O6S. The van der Waals surface area contributed by atoms with E-state index in [0.717, 1.165) is 16.1 Å². The van der Waals surface area contributed by atoms with Crippen LogP contribution in [0.15, 0.2) is 30.3 Å². The van der Waals surface area contributed by atoms with E-state index in [2.05, 4.69) is 0 Å². The van der Waals surface area contributed by atoms with Gasteiger partial charge in [-0.15, -0.1) is 0 Å². The van der Waals surface area contributed by atoms with Gasteiger partial charge in [-0.05, 0) is 12.5 Å². The van der Waals surface area contributed by atoms with Crippen LogP contribution in [0.1, 0.15) is 18.4 Å². The van der Waals surface area contributed by atoms with E-state index in [1.807, 2.05) is 37.3 Å². The van der Waals surface area contributed by atoms with E-state index < -0.39 is 28.6 Å². The first-order valence-corrected chi connectivity index (χ1v) is 10.2. The SMILES string of the molecule is C[C@H](C(=O)N1CCOC(CN(CC(=O)O)S(C)(=O)=O)C1)c1ccccc1. The molecule has 1 aromatic rings. The van der Waals surface area contributed by atoms with E-state index in [1.54, 1.807) is 4.90 Å². The van der Waals surface area contributed by atoms with Gasteiger partial charge >= 0.3 is 5.97 Å². The zero-order valence-corrected chi connectivity index (χ0v) is 15.7. The lowest BCUT2D eigenvalue weighted by Gasteiger charge is -2.36. The minimum Gasteiger partial charge on any atom is -0.480 e. The van der Waals surface area contributed by atoms with Crippen molar-refractivity contribution in [3.8, 4) is 0 Å². The highest BCUT2D eigenvalue weighted by Gasteiger charge is 2.31. The van der Waals surface area contributed by atoms with Crippen molar-refractivity contribution in [1.29, 1.82) is 0 Å². The second-order valence-corrected chi connectivity index (χ2v) is 8.34. The van der Waals surface area contributed by atoms with Crippen molar-refractivity contribution in [3.05, 3.63) is 35.9 Å². The summed E-state index contributed by atoms with van der Waals surface area (Å²) < 4.78 is 30.0. The largest absolute Gasteiger partial charge is 0.480 e. The number of benzene rings is 1. The van der Waals surface area contributed by atoms with Gasteiger partial charge in [-0.1, -0.05) is 30.3 Å². The molecule has 2 atom stereocenters. The summed E-state index contributed by atoms with van der Waals surface area (Å²) in [6.07, 6.45) is 0.392. The van der Waals surface area contributed by atoms with Gasteiger partial charge in [-0.25, -0.2) is 8.42 Å². The molecule has 26 heavy (non-hydrogen) atoms. The average molecular weight is 384 g/mol. The summed E-state index contributed by atoms with van der Waals surface area (Å²) in [6, 6.07) is 9.40. The summed E-state index contributed by atoms with van der Waals surface area (Å²) in [5.74, 6) is -1.62. The number of nitrogens with zero attached hydrogens (tertiary/aromatic N) is 2. The molecule has 1 aliphatic rings. The molecule has 0 radical (unpaired) electrons. The normalized spacial score (nSPS) is 19.3. The first-order valence-electron chi connectivity index (χ1n) is 8.30. The molecule has 0 spiro atoms. The average Bonchev–Trinajstić information content (AvgIpc) is 2.60. The second-order valence-electron chi connectivity index (χ2n) is 6.36. The molecule has 1 aliphatic heterocycles. The molecule has 2 rings (SSSR count). The fraction of sp³-hybridized carbons (Fsp3) is 0.529. The molecule has 144 valence electrons. The van der Waals surface area contributed by atoms with E-state index in [0.29, 0.717) is 6.54 Å². The Labute approximate surface area is 153 Å². The number of rotatable bonds is 7. The third-order valence-corrected chi connectivity index (χ3v) is 5.52. The van der Waals surface area contributed by atoms with Gasteiger partial charge < -0.3 is 14.7 Å². The minimum absolute atomic E-state index is 0.0614. The van der Waals surface area contributed by atoms with Gasteiger partial charge in [-0.2, -0.15) is 4.31 Å². The van der Waals surface area contributed by atoms with Crippen LogP contribution in [0.2, 0.25) is 0 Å². The quantitative estimate of drug-likeness (QED) is 0.728. The zero-order chi connectivity index (χ0) is 19.3. The van der Waals surface area contributed by atoms with Crippen molar-refractivity contribution < 1.29 is 27.9 Å². The van der Waals surface area contributed by atoms with Crippen molar-refractivity contribution in [3.63, 3.8) is 0 Å². The molecule has 0 saturated carbocycles. The number of carbonyl (C=O) groups excluding carboxylic acids is 1. The predicted molar refractivity (Wildman–Crippen MR) is 95.2 cm³/mol. The highest BCUT2D eigenvalue weighted by atomic mass is 32.2. The Bertz CT molecular complexity index is 737. The Balaban J connectivity index is 2.03. The molecule has 1 heterocycles. The highest BCUT2D eigenvalue weighted by molar-refractivity contribution is 7.88. The van der Waals surface area contributed by atoms with E-state index in [1.165, 1.54) is 0 Å². The first-order chi connectivity index (χ1) is 12.2. The van der Waals surface area contributed by atoms with Gasteiger partial charge in [0.15, 0.2) is 0 Å². The summed E-state index contributed by atoms with van der Waals surface area (Å²) in [4.78, 5) is 25.3. The molecular weight excluding hydrogens is 360 g/mol. The Morgan fingerprint density at radius 2 is 2.00 bits per heavy atom. The van der Waals surface area contributed by atoms with E-state index in [-0.39, 0.29) is 31.5 Å². The lowest BCUT2D eigenvalue weighted by Crippen LogP contribution is -2.51. The predicted octanol–water partition coefficient (Wildman–Crippen LogP) is 0.364. The molecule has 1 amide bonds. The Morgan fingerprint density at radius 3 is 2.58 bits per heavy atom. The maximum Gasteiger partial charge on any atom is 0.318 e. The third-order valence-electron chi connectivity index (χ3n) is 4.31. The molecule has 0 bridgehead atoms. The number of aliphatic carboxylic acids is 1. The highest BCUT2D eigenvalue weighted by Crippen LogP contribution is 2.20. The number of ether oxygens (including phenoxy) is 1. The van der Waals surface area contributed by atoms with Crippen LogP contribution in [0.25, 0.3) is 0 Å². The number of carboxylic acids is 1. The molecule has 1 N–H and O–H groups in total. The van der Waals surface area contributed by atoms with Crippen LogP contribution in [-0.4, -0.2) is 79.8 Å². The lowest BCUT2D eigenvalue weighted by molar-refractivity contribution is -0.142. The summed E-state index contributed by atoms with van der Waals surface area (Å²) in [5.41, 5.74) is 0.907.